The molecule has 0 unspecified atom stereocenters. The van der Waals surface area contributed by atoms with Crippen LogP contribution in [0.5, 0.6) is 0 Å². The SMILES string of the molecule is C[N+](CO)(CO)CO.C[N+](CO)(CO)CO.O=S(=O)([O-])[O-]. The number of quaternary nitrogens is 2. The third-order valence-corrected chi connectivity index (χ3v) is 2.05. The summed E-state index contributed by atoms with van der Waals surface area (Å²) >= 11 is 0. The van der Waals surface area contributed by atoms with E-state index >= 15 is 0 Å². The van der Waals surface area contributed by atoms with E-state index in [4.69, 9.17) is 48.2 Å². The Hall–Kier alpha value is -0.450. The predicted molar refractivity (Wildman–Crippen MR) is 65.4 cm³/mol. The van der Waals surface area contributed by atoms with Crippen molar-refractivity contribution in [3.63, 3.8) is 0 Å². The van der Waals surface area contributed by atoms with E-state index in [-0.39, 0.29) is 49.4 Å². The fourth-order valence-electron chi connectivity index (χ4n) is 0.268. The van der Waals surface area contributed by atoms with Crippen LogP contribution in [0.4, 0.5) is 0 Å². The van der Waals surface area contributed by atoms with Crippen molar-refractivity contribution in [2.45, 2.75) is 0 Å². The van der Waals surface area contributed by atoms with Crippen molar-refractivity contribution in [3.8, 4) is 0 Å². The van der Waals surface area contributed by atoms with E-state index in [1.54, 1.807) is 14.1 Å². The van der Waals surface area contributed by atoms with Crippen LogP contribution in [0.3, 0.4) is 0 Å². The average Bonchev–Trinajstić information content (AvgIpc) is 2.44. The molecule has 6 N–H and O–H groups in total. The number of hydrogen-bond acceptors (Lipinski definition) is 10. The molecule has 21 heavy (non-hydrogen) atoms. The smallest absolute Gasteiger partial charge is 0.183 e. The molecule has 0 aromatic rings. The van der Waals surface area contributed by atoms with Gasteiger partial charge in [-0.2, -0.15) is 0 Å². The topological polar surface area (TPSA) is 202 Å². The Kier molecular flexibility index (Phi) is 14.7. The molecule has 0 bridgehead atoms. The molecule has 0 amide bonds. The number of rotatable bonds is 6. The van der Waals surface area contributed by atoms with Crippen LogP contribution in [0.15, 0.2) is 0 Å². The van der Waals surface area contributed by atoms with E-state index in [9.17, 15) is 0 Å². The lowest BCUT2D eigenvalue weighted by Crippen LogP contribution is -2.46. The van der Waals surface area contributed by atoms with Gasteiger partial charge < -0.3 is 39.7 Å². The minimum Gasteiger partial charge on any atom is -0.759 e. The van der Waals surface area contributed by atoms with Gasteiger partial charge in [-0.15, -0.1) is 0 Å². The molecular formula is C8H24N2O10S. The molecule has 0 aromatic carbocycles. The second kappa shape index (κ2) is 12.1. The fourth-order valence-corrected chi connectivity index (χ4v) is 0.268. The van der Waals surface area contributed by atoms with Crippen molar-refractivity contribution in [2.24, 2.45) is 0 Å². The van der Waals surface area contributed by atoms with E-state index < -0.39 is 10.4 Å². The Morgan fingerprint density at radius 2 is 0.762 bits per heavy atom. The molecule has 0 atom stereocenters. The molecule has 0 aromatic heterocycles. The summed E-state index contributed by atoms with van der Waals surface area (Å²) in [6, 6.07) is 0. The fraction of sp³-hybridized carbons (Fsp3) is 1.00. The molecule has 0 aliphatic heterocycles. The lowest BCUT2D eigenvalue weighted by molar-refractivity contribution is -0.960. The largest absolute Gasteiger partial charge is 0.759 e. The summed E-state index contributed by atoms with van der Waals surface area (Å²) in [5.74, 6) is 0. The zero-order valence-electron chi connectivity index (χ0n) is 11.9. The molecule has 0 heterocycles. The summed E-state index contributed by atoms with van der Waals surface area (Å²) in [7, 11) is -2.08. The summed E-state index contributed by atoms with van der Waals surface area (Å²) in [4.78, 5) is 0. The lowest BCUT2D eigenvalue weighted by Gasteiger charge is -2.25. The zero-order valence-corrected chi connectivity index (χ0v) is 12.7. The Bertz CT molecular complexity index is 285. The first-order valence-electron chi connectivity index (χ1n) is 5.36. The zero-order chi connectivity index (χ0) is 17.7. The first kappa shape index (κ1) is 25.5. The van der Waals surface area contributed by atoms with Gasteiger partial charge in [0, 0.05) is 10.4 Å². The van der Waals surface area contributed by atoms with E-state index in [0.717, 1.165) is 0 Å². The van der Waals surface area contributed by atoms with E-state index in [2.05, 4.69) is 0 Å². The highest BCUT2D eigenvalue weighted by molar-refractivity contribution is 7.79. The van der Waals surface area contributed by atoms with Crippen LogP contribution in [0, 0.1) is 0 Å². The monoisotopic (exact) mass is 340 g/mol. The number of hydrogen-bond donors (Lipinski definition) is 6. The number of aliphatic hydroxyl groups is 6. The maximum Gasteiger partial charge on any atom is 0.183 e. The number of aliphatic hydroxyl groups excluding tert-OH is 6. The van der Waals surface area contributed by atoms with Crippen molar-refractivity contribution in [3.05, 3.63) is 0 Å². The molecule has 132 valence electrons. The molecule has 0 spiro atoms. The molecule has 12 nitrogen and oxygen atoms in total. The van der Waals surface area contributed by atoms with Crippen LogP contribution in [0.25, 0.3) is 0 Å². The molecule has 0 aliphatic carbocycles. The van der Waals surface area contributed by atoms with Gasteiger partial charge in [-0.3, -0.25) is 17.4 Å². The highest BCUT2D eigenvalue weighted by atomic mass is 32.3. The second-order valence-corrected chi connectivity index (χ2v) is 5.31. The first-order chi connectivity index (χ1) is 9.36. The van der Waals surface area contributed by atoms with E-state index in [1.165, 1.54) is 0 Å². The average molecular weight is 340 g/mol. The number of nitrogens with zero attached hydrogens (tertiary/aromatic N) is 2. The van der Waals surface area contributed by atoms with Crippen LogP contribution >= 0.6 is 0 Å². The van der Waals surface area contributed by atoms with Crippen molar-refractivity contribution in [2.75, 3.05) is 54.5 Å². The van der Waals surface area contributed by atoms with Gasteiger partial charge >= 0.3 is 0 Å². The van der Waals surface area contributed by atoms with Crippen LogP contribution in [0.2, 0.25) is 0 Å². The third-order valence-electron chi connectivity index (χ3n) is 2.05. The van der Waals surface area contributed by atoms with Gasteiger partial charge in [0.25, 0.3) is 0 Å². The summed E-state index contributed by atoms with van der Waals surface area (Å²) in [6.07, 6.45) is 0. The van der Waals surface area contributed by atoms with Crippen molar-refractivity contribution >= 4 is 10.4 Å². The van der Waals surface area contributed by atoms with E-state index in [1.807, 2.05) is 0 Å². The van der Waals surface area contributed by atoms with Gasteiger partial charge in [-0.1, -0.05) is 0 Å². The van der Waals surface area contributed by atoms with Crippen molar-refractivity contribution < 1.29 is 57.1 Å². The molecule has 0 aliphatic rings. The standard InChI is InChI=1S/2C4H12NO3.H2O4S/c2*1-5(2-6,3-7)4-8;1-5(2,3)4/h2*6-8H,2-4H2,1H3;(H2,1,2,3,4)/q2*+1;/p-2. The van der Waals surface area contributed by atoms with Gasteiger partial charge in [0.15, 0.2) is 40.4 Å². The van der Waals surface area contributed by atoms with Crippen LogP contribution < -0.4 is 0 Å². The molecule has 0 radical (unpaired) electrons. The summed E-state index contributed by atoms with van der Waals surface area (Å²) in [6.45, 7) is -1.46. The summed E-state index contributed by atoms with van der Waals surface area (Å²) in [5.41, 5.74) is 0. The second-order valence-electron chi connectivity index (χ2n) is 4.50. The summed E-state index contributed by atoms with van der Waals surface area (Å²) < 4.78 is 33.8. The maximum atomic E-state index is 8.52. The van der Waals surface area contributed by atoms with Gasteiger partial charge in [0.1, 0.15) is 0 Å². The molecule has 0 rings (SSSR count). The lowest BCUT2D eigenvalue weighted by atomic mass is 10.7. The van der Waals surface area contributed by atoms with Crippen molar-refractivity contribution in [1.82, 2.24) is 0 Å². The Labute approximate surface area is 123 Å². The molecule has 13 heteroatoms. The molecule has 0 fully saturated rings. The summed E-state index contributed by atoms with van der Waals surface area (Å²) in [5, 5.41) is 50.6. The maximum absolute atomic E-state index is 8.52. The highest BCUT2D eigenvalue weighted by Gasteiger charge is 2.16. The minimum atomic E-state index is -5.17. The minimum absolute atomic E-state index is 0.125. The highest BCUT2D eigenvalue weighted by Crippen LogP contribution is 1.93. The molecule has 0 saturated carbocycles. The Balaban J connectivity index is -0.000000239. The van der Waals surface area contributed by atoms with Gasteiger partial charge in [-0.25, -0.2) is 0 Å². The van der Waals surface area contributed by atoms with Gasteiger partial charge in [-0.05, 0) is 0 Å². The van der Waals surface area contributed by atoms with Crippen LogP contribution in [0.1, 0.15) is 0 Å². The van der Waals surface area contributed by atoms with Gasteiger partial charge in [0.2, 0.25) is 0 Å². The van der Waals surface area contributed by atoms with Crippen LogP contribution in [-0.4, -0.2) is 112 Å². The molecule has 0 saturated heterocycles. The van der Waals surface area contributed by atoms with Crippen LogP contribution in [-0.2, 0) is 10.4 Å². The van der Waals surface area contributed by atoms with Gasteiger partial charge in [0.05, 0.1) is 14.1 Å². The van der Waals surface area contributed by atoms with E-state index in [0.29, 0.717) is 0 Å². The van der Waals surface area contributed by atoms with Crippen molar-refractivity contribution in [1.29, 1.82) is 0 Å². The quantitative estimate of drug-likeness (QED) is 0.118. The predicted octanol–water partition coefficient (Wildman–Crippen LogP) is -4.77. The molecular weight excluding hydrogens is 316 g/mol. The normalized spacial score (nSPS) is 11.9. The first-order valence-corrected chi connectivity index (χ1v) is 6.69. The third kappa shape index (κ3) is 19.6. The Morgan fingerprint density at radius 3 is 0.762 bits per heavy atom. The Morgan fingerprint density at radius 1 is 0.667 bits per heavy atom.